The van der Waals surface area contributed by atoms with Gasteiger partial charge < -0.3 is 15.5 Å². The van der Waals surface area contributed by atoms with Crippen molar-refractivity contribution in [2.45, 2.75) is 37.9 Å². The van der Waals surface area contributed by atoms with Crippen LogP contribution in [0.15, 0.2) is 53.0 Å². The number of amides is 3. The predicted octanol–water partition coefficient (Wildman–Crippen LogP) is 2.60. The van der Waals surface area contributed by atoms with Crippen molar-refractivity contribution in [3.8, 4) is 0 Å². The maximum atomic E-state index is 13.2. The van der Waals surface area contributed by atoms with Gasteiger partial charge in [0.15, 0.2) is 0 Å². The molecule has 1 aliphatic heterocycles. The molecule has 2 aromatic rings. The fourth-order valence-electron chi connectivity index (χ4n) is 3.90. The number of benzene rings is 2. The molecule has 1 saturated heterocycles. The molecule has 0 bridgehead atoms. The number of likely N-dealkylation sites (tertiary alicyclic amines) is 1. The van der Waals surface area contributed by atoms with E-state index in [4.69, 9.17) is 0 Å². The van der Waals surface area contributed by atoms with Crippen molar-refractivity contribution in [2.75, 3.05) is 18.6 Å². The van der Waals surface area contributed by atoms with Crippen molar-refractivity contribution in [2.24, 2.45) is 0 Å². The predicted molar refractivity (Wildman–Crippen MR) is 133 cm³/mol. The molecule has 0 saturated carbocycles. The topological polar surface area (TPSA) is 113 Å². The van der Waals surface area contributed by atoms with E-state index in [1.807, 2.05) is 6.92 Å². The molecule has 188 valence electrons. The van der Waals surface area contributed by atoms with E-state index in [0.29, 0.717) is 23.0 Å². The van der Waals surface area contributed by atoms with E-state index in [0.717, 1.165) is 11.8 Å². The van der Waals surface area contributed by atoms with Gasteiger partial charge in [-0.05, 0) is 65.5 Å². The Bertz CT molecular complexity index is 1210. The van der Waals surface area contributed by atoms with Gasteiger partial charge in [0.05, 0.1) is 17.4 Å². The van der Waals surface area contributed by atoms with Crippen LogP contribution in [-0.4, -0.2) is 61.7 Å². The first-order chi connectivity index (χ1) is 16.5. The number of halogens is 2. The summed E-state index contributed by atoms with van der Waals surface area (Å²) < 4.78 is 37.2. The number of rotatable bonds is 9. The molecule has 0 aliphatic carbocycles. The molecule has 3 amide bonds. The molecule has 2 N–H and O–H groups in total. The average Bonchev–Trinajstić information content (AvgIpc) is 3.16. The Morgan fingerprint density at radius 1 is 1.17 bits per heavy atom. The van der Waals surface area contributed by atoms with Crippen LogP contribution in [0.5, 0.6) is 0 Å². The Labute approximate surface area is 212 Å². The van der Waals surface area contributed by atoms with Crippen LogP contribution in [0.3, 0.4) is 0 Å². The number of carbonyl (C=O) groups excluding carboxylic acids is 3. The SMILES string of the molecule is CC(c1ccc(F)cc1)N1CCC(NC(=O)C(CCS(C)(=O)=O)NC(=O)c2ccccc2Br)C1=O. The molecule has 0 radical (unpaired) electrons. The highest BCUT2D eigenvalue weighted by Crippen LogP contribution is 2.26. The van der Waals surface area contributed by atoms with Crippen LogP contribution in [0.2, 0.25) is 0 Å². The summed E-state index contributed by atoms with van der Waals surface area (Å²) in [5.41, 5.74) is 1.05. The van der Waals surface area contributed by atoms with Crippen LogP contribution >= 0.6 is 15.9 Å². The Kier molecular flexibility index (Phi) is 8.65. The lowest BCUT2D eigenvalue weighted by molar-refractivity contribution is -0.134. The van der Waals surface area contributed by atoms with Crippen molar-refractivity contribution in [3.05, 3.63) is 69.9 Å². The van der Waals surface area contributed by atoms with Gasteiger partial charge in [0.25, 0.3) is 5.91 Å². The smallest absolute Gasteiger partial charge is 0.253 e. The van der Waals surface area contributed by atoms with E-state index in [1.54, 1.807) is 41.3 Å². The lowest BCUT2D eigenvalue weighted by Gasteiger charge is -2.26. The minimum absolute atomic E-state index is 0.141. The molecule has 1 heterocycles. The molecule has 8 nitrogen and oxygen atoms in total. The van der Waals surface area contributed by atoms with E-state index in [-0.39, 0.29) is 29.9 Å². The third-order valence-electron chi connectivity index (χ3n) is 5.89. The summed E-state index contributed by atoms with van der Waals surface area (Å²) in [4.78, 5) is 40.4. The molecule has 0 spiro atoms. The monoisotopic (exact) mass is 567 g/mol. The quantitative estimate of drug-likeness (QED) is 0.483. The van der Waals surface area contributed by atoms with Crippen molar-refractivity contribution >= 4 is 43.5 Å². The average molecular weight is 568 g/mol. The summed E-state index contributed by atoms with van der Waals surface area (Å²) in [5.74, 6) is -2.16. The minimum Gasteiger partial charge on any atom is -0.342 e. The van der Waals surface area contributed by atoms with Gasteiger partial charge >= 0.3 is 0 Å². The van der Waals surface area contributed by atoms with Gasteiger partial charge in [0, 0.05) is 17.3 Å². The lowest BCUT2D eigenvalue weighted by Crippen LogP contribution is -2.52. The summed E-state index contributed by atoms with van der Waals surface area (Å²) in [6.45, 7) is 2.21. The van der Waals surface area contributed by atoms with Crippen LogP contribution in [0.4, 0.5) is 4.39 Å². The Balaban J connectivity index is 1.70. The van der Waals surface area contributed by atoms with Crippen molar-refractivity contribution in [3.63, 3.8) is 0 Å². The zero-order chi connectivity index (χ0) is 25.8. The Morgan fingerprint density at radius 3 is 2.46 bits per heavy atom. The van der Waals surface area contributed by atoms with Gasteiger partial charge in [0.2, 0.25) is 11.8 Å². The largest absolute Gasteiger partial charge is 0.342 e. The van der Waals surface area contributed by atoms with Gasteiger partial charge in [-0.1, -0.05) is 24.3 Å². The highest BCUT2D eigenvalue weighted by atomic mass is 79.9. The van der Waals surface area contributed by atoms with Crippen molar-refractivity contribution in [1.29, 1.82) is 0 Å². The summed E-state index contributed by atoms with van der Waals surface area (Å²) in [6, 6.07) is 10.2. The zero-order valence-electron chi connectivity index (χ0n) is 19.3. The van der Waals surface area contributed by atoms with Crippen LogP contribution in [-0.2, 0) is 19.4 Å². The van der Waals surface area contributed by atoms with Gasteiger partial charge in [-0.25, -0.2) is 12.8 Å². The zero-order valence-corrected chi connectivity index (χ0v) is 21.7. The van der Waals surface area contributed by atoms with E-state index in [9.17, 15) is 27.2 Å². The first-order valence-electron chi connectivity index (χ1n) is 11.1. The summed E-state index contributed by atoms with van der Waals surface area (Å²) in [5, 5.41) is 5.27. The second-order valence-corrected chi connectivity index (χ2v) is 11.6. The van der Waals surface area contributed by atoms with Gasteiger partial charge in [-0.2, -0.15) is 0 Å². The Hall–Kier alpha value is -2.79. The maximum absolute atomic E-state index is 13.2. The number of hydrogen-bond donors (Lipinski definition) is 2. The Morgan fingerprint density at radius 2 is 1.83 bits per heavy atom. The van der Waals surface area contributed by atoms with Crippen LogP contribution in [0.25, 0.3) is 0 Å². The van der Waals surface area contributed by atoms with Crippen molar-refractivity contribution in [1.82, 2.24) is 15.5 Å². The van der Waals surface area contributed by atoms with Crippen LogP contribution in [0, 0.1) is 5.82 Å². The summed E-state index contributed by atoms with van der Waals surface area (Å²) in [6.07, 6.45) is 1.26. The lowest BCUT2D eigenvalue weighted by atomic mass is 10.1. The second kappa shape index (κ2) is 11.3. The van der Waals surface area contributed by atoms with E-state index >= 15 is 0 Å². The van der Waals surface area contributed by atoms with Gasteiger partial charge in [-0.3, -0.25) is 14.4 Å². The fourth-order valence-corrected chi connectivity index (χ4v) is 5.02. The molecule has 3 unspecified atom stereocenters. The normalized spacial score (nSPS) is 17.7. The second-order valence-electron chi connectivity index (χ2n) is 8.53. The first kappa shape index (κ1) is 26.8. The molecule has 3 atom stereocenters. The molecule has 0 aromatic heterocycles. The molecule has 1 fully saturated rings. The summed E-state index contributed by atoms with van der Waals surface area (Å²) >= 11 is 3.29. The number of nitrogens with zero attached hydrogens (tertiary/aromatic N) is 1. The fraction of sp³-hybridized carbons (Fsp3) is 0.375. The van der Waals surface area contributed by atoms with Crippen LogP contribution < -0.4 is 10.6 Å². The van der Waals surface area contributed by atoms with Gasteiger partial charge in [-0.15, -0.1) is 0 Å². The number of sulfone groups is 1. The minimum atomic E-state index is -3.40. The molecule has 1 aliphatic rings. The molecule has 2 aromatic carbocycles. The molecule has 11 heteroatoms. The number of carbonyl (C=O) groups is 3. The van der Waals surface area contributed by atoms with E-state index in [2.05, 4.69) is 26.6 Å². The third-order valence-corrected chi connectivity index (χ3v) is 7.56. The van der Waals surface area contributed by atoms with E-state index < -0.39 is 33.7 Å². The molecular weight excluding hydrogens is 541 g/mol. The molecular formula is C24H27BrFN3O5S. The highest BCUT2D eigenvalue weighted by Gasteiger charge is 2.37. The number of nitrogens with one attached hydrogen (secondary N) is 2. The first-order valence-corrected chi connectivity index (χ1v) is 13.9. The molecule has 35 heavy (non-hydrogen) atoms. The summed E-state index contributed by atoms with van der Waals surface area (Å²) in [7, 11) is -3.40. The van der Waals surface area contributed by atoms with E-state index in [1.165, 1.54) is 12.1 Å². The molecule has 3 rings (SSSR count). The number of hydrogen-bond acceptors (Lipinski definition) is 5. The van der Waals surface area contributed by atoms with Gasteiger partial charge in [0.1, 0.15) is 27.7 Å². The third kappa shape index (κ3) is 7.11. The standard InChI is InChI=1S/C24H27BrFN3O5S/c1-15(16-7-9-17(26)10-8-16)29-13-11-21(24(29)32)28-23(31)20(12-14-35(2,33)34)27-22(30)18-5-3-4-6-19(18)25/h3-10,15,20-21H,11-14H2,1-2H3,(H,27,30)(H,28,31). The highest BCUT2D eigenvalue weighted by molar-refractivity contribution is 9.10. The van der Waals surface area contributed by atoms with Crippen molar-refractivity contribution < 1.29 is 27.2 Å². The van der Waals surface area contributed by atoms with Crippen LogP contribution in [0.1, 0.15) is 41.7 Å². The maximum Gasteiger partial charge on any atom is 0.253 e.